The molecule has 2 aromatic carbocycles. The minimum atomic E-state index is -0.0770. The van der Waals surface area contributed by atoms with Gasteiger partial charge in [-0.2, -0.15) is 0 Å². The molecule has 2 aliphatic rings. The molecule has 0 aromatic heterocycles. The van der Waals surface area contributed by atoms with Crippen molar-refractivity contribution in [2.24, 2.45) is 0 Å². The van der Waals surface area contributed by atoms with Crippen LogP contribution >= 0.6 is 24.2 Å². The van der Waals surface area contributed by atoms with Crippen LogP contribution in [0.25, 0.3) is 5.70 Å². The number of halogens is 1. The van der Waals surface area contributed by atoms with Crippen LogP contribution in [0.4, 0.5) is 0 Å². The quantitative estimate of drug-likeness (QED) is 0.491. The second kappa shape index (κ2) is 12.5. The summed E-state index contributed by atoms with van der Waals surface area (Å²) in [4.78, 5) is 23.1. The molecule has 190 valence electrons. The second-order valence-electron chi connectivity index (χ2n) is 8.25. The minimum absolute atomic E-state index is 0. The van der Waals surface area contributed by atoms with E-state index in [1.807, 2.05) is 66.3 Å². The Morgan fingerprint density at radius 2 is 1.71 bits per heavy atom. The monoisotopic (exact) mass is 519 g/mol. The average molecular weight is 520 g/mol. The highest BCUT2D eigenvalue weighted by Crippen LogP contribution is 2.47. The third-order valence-electron chi connectivity index (χ3n) is 6.00. The molecular weight excluding hydrogens is 486 g/mol. The Labute approximate surface area is 218 Å². The van der Waals surface area contributed by atoms with Crippen LogP contribution in [0.2, 0.25) is 0 Å². The van der Waals surface area contributed by atoms with Crippen molar-refractivity contribution in [3.8, 4) is 11.5 Å². The van der Waals surface area contributed by atoms with Gasteiger partial charge >= 0.3 is 0 Å². The topological polar surface area (TPSA) is 54.5 Å². The van der Waals surface area contributed by atoms with Crippen molar-refractivity contribution in [1.82, 2.24) is 14.9 Å². The van der Waals surface area contributed by atoms with E-state index in [0.29, 0.717) is 18.8 Å². The fraction of sp³-hybridized carbons (Fsp3) is 0.423. The molecule has 7 nitrogen and oxygen atoms in total. The van der Waals surface area contributed by atoms with Gasteiger partial charge in [-0.05, 0) is 56.1 Å². The number of carbonyl (C=O) groups excluding carboxylic acids is 1. The van der Waals surface area contributed by atoms with Crippen molar-refractivity contribution in [1.29, 1.82) is 0 Å². The lowest BCUT2D eigenvalue weighted by atomic mass is 10.1. The van der Waals surface area contributed by atoms with Gasteiger partial charge in [0.2, 0.25) is 0 Å². The zero-order valence-electron chi connectivity index (χ0n) is 20.7. The van der Waals surface area contributed by atoms with Crippen LogP contribution < -0.4 is 9.47 Å². The molecule has 0 spiro atoms. The summed E-state index contributed by atoms with van der Waals surface area (Å²) in [5.41, 5.74) is 3.63. The van der Waals surface area contributed by atoms with Crippen LogP contribution in [0.15, 0.2) is 47.9 Å². The Balaban J connectivity index is 0.00000342. The molecule has 1 fully saturated rings. The highest BCUT2D eigenvalue weighted by molar-refractivity contribution is 8.02. The molecule has 2 aromatic rings. The summed E-state index contributed by atoms with van der Waals surface area (Å²) in [5, 5.41) is 3.90. The molecule has 0 bridgehead atoms. The number of ether oxygens (including phenoxy) is 2. The predicted molar refractivity (Wildman–Crippen MR) is 143 cm³/mol. The maximum absolute atomic E-state index is 13.1. The number of amides is 1. The van der Waals surface area contributed by atoms with Crippen LogP contribution in [0, 0.1) is 0 Å². The van der Waals surface area contributed by atoms with Crippen molar-refractivity contribution in [2.45, 2.75) is 19.2 Å². The van der Waals surface area contributed by atoms with Gasteiger partial charge in [-0.3, -0.25) is 9.63 Å². The zero-order valence-corrected chi connectivity index (χ0v) is 22.4. The molecule has 1 atom stereocenters. The number of rotatable bonds is 8. The lowest BCUT2D eigenvalue weighted by molar-refractivity contribution is -0.0837. The lowest BCUT2D eigenvalue weighted by Gasteiger charge is -2.32. The van der Waals surface area contributed by atoms with Crippen LogP contribution in [0.3, 0.4) is 0 Å². The number of hydrogen-bond donors (Lipinski definition) is 0. The van der Waals surface area contributed by atoms with Gasteiger partial charge in [0, 0.05) is 37.3 Å². The van der Waals surface area contributed by atoms with Crippen molar-refractivity contribution in [3.05, 3.63) is 64.6 Å². The van der Waals surface area contributed by atoms with Gasteiger partial charge in [0.1, 0.15) is 5.37 Å². The number of likely N-dealkylation sites (N-methyl/N-ethyl adjacent to an activating group) is 1. The van der Waals surface area contributed by atoms with E-state index < -0.39 is 0 Å². The largest absolute Gasteiger partial charge is 0.490 e. The van der Waals surface area contributed by atoms with Crippen LogP contribution in [-0.4, -0.2) is 74.3 Å². The molecule has 0 saturated carbocycles. The standard InChI is InChI=1S/C26H33N3O4S.ClH/c1-5-32-23-11-10-21(17-24(23)33-6-2)26-29(31-4)22(18-34-26)19-8-7-9-20(16-19)25(30)28-14-12-27(3)13-15-28;/h7-11,16-18,26H,5-6,12-15H2,1-4H3;1H. The summed E-state index contributed by atoms with van der Waals surface area (Å²) in [6.07, 6.45) is 0. The second-order valence-corrected chi connectivity index (χ2v) is 9.20. The molecule has 1 unspecified atom stereocenters. The predicted octanol–water partition coefficient (Wildman–Crippen LogP) is 4.90. The third-order valence-corrected chi connectivity index (χ3v) is 7.08. The number of nitrogens with zero attached hydrogens (tertiary/aromatic N) is 3. The minimum Gasteiger partial charge on any atom is -0.490 e. The number of carbonyl (C=O) groups is 1. The van der Waals surface area contributed by atoms with Crippen LogP contribution in [0.1, 0.15) is 40.7 Å². The first-order valence-corrected chi connectivity index (χ1v) is 12.7. The maximum atomic E-state index is 13.1. The Bertz CT molecular complexity index is 1040. The van der Waals surface area contributed by atoms with Crippen molar-refractivity contribution in [2.75, 3.05) is 53.6 Å². The van der Waals surface area contributed by atoms with Crippen LogP contribution in [0.5, 0.6) is 11.5 Å². The highest BCUT2D eigenvalue weighted by Gasteiger charge is 2.31. The highest BCUT2D eigenvalue weighted by atomic mass is 35.5. The number of benzene rings is 2. The van der Waals surface area contributed by atoms with Crippen LogP contribution in [-0.2, 0) is 4.84 Å². The first kappa shape index (κ1) is 27.2. The van der Waals surface area contributed by atoms with E-state index in [4.69, 9.17) is 14.3 Å². The molecule has 9 heteroatoms. The summed E-state index contributed by atoms with van der Waals surface area (Å²) in [6.45, 7) is 8.38. The SMILES string of the molecule is CCOc1ccc(C2SC=C(c3cccc(C(=O)N4CCN(C)CC4)c3)N2OC)cc1OCC.Cl. The molecule has 0 radical (unpaired) electrons. The normalized spacial score (nSPS) is 18.2. The molecule has 1 amide bonds. The number of hydroxylamine groups is 2. The molecule has 0 N–H and O–H groups in total. The van der Waals surface area contributed by atoms with Gasteiger partial charge in [-0.15, -0.1) is 12.4 Å². The summed E-state index contributed by atoms with van der Waals surface area (Å²) < 4.78 is 11.5. The van der Waals surface area contributed by atoms with Crippen molar-refractivity contribution in [3.63, 3.8) is 0 Å². The van der Waals surface area contributed by atoms with Gasteiger partial charge in [-0.25, -0.2) is 5.06 Å². The van der Waals surface area contributed by atoms with Crippen molar-refractivity contribution < 1.29 is 19.1 Å². The van der Waals surface area contributed by atoms with E-state index in [1.165, 1.54) is 0 Å². The van der Waals surface area contributed by atoms with E-state index in [1.54, 1.807) is 18.9 Å². The number of thioether (sulfide) groups is 1. The van der Waals surface area contributed by atoms with E-state index in [9.17, 15) is 4.79 Å². The third kappa shape index (κ3) is 6.06. The Morgan fingerprint density at radius 3 is 2.40 bits per heavy atom. The smallest absolute Gasteiger partial charge is 0.253 e. The molecule has 1 saturated heterocycles. The Kier molecular flexibility index (Phi) is 9.74. The van der Waals surface area contributed by atoms with E-state index in [-0.39, 0.29) is 23.7 Å². The van der Waals surface area contributed by atoms with Gasteiger partial charge < -0.3 is 19.3 Å². The maximum Gasteiger partial charge on any atom is 0.253 e. The Hall–Kier alpha value is -2.39. The Morgan fingerprint density at radius 1 is 1.00 bits per heavy atom. The van der Waals surface area contributed by atoms with E-state index >= 15 is 0 Å². The molecule has 2 aliphatic heterocycles. The summed E-state index contributed by atoms with van der Waals surface area (Å²) in [6, 6.07) is 13.8. The molecule has 35 heavy (non-hydrogen) atoms. The fourth-order valence-electron chi connectivity index (χ4n) is 4.19. The van der Waals surface area contributed by atoms with E-state index in [0.717, 1.165) is 54.5 Å². The molecular formula is C26H34ClN3O4S. The molecule has 2 heterocycles. The van der Waals surface area contributed by atoms with Gasteiger partial charge in [0.15, 0.2) is 11.5 Å². The molecule has 0 aliphatic carbocycles. The lowest BCUT2D eigenvalue weighted by Crippen LogP contribution is -2.47. The summed E-state index contributed by atoms with van der Waals surface area (Å²) >= 11 is 1.66. The first-order valence-electron chi connectivity index (χ1n) is 11.7. The zero-order chi connectivity index (χ0) is 24.1. The summed E-state index contributed by atoms with van der Waals surface area (Å²) in [5.74, 6) is 1.55. The van der Waals surface area contributed by atoms with Gasteiger partial charge in [-0.1, -0.05) is 30.0 Å². The van der Waals surface area contributed by atoms with Gasteiger partial charge in [0.05, 0.1) is 26.0 Å². The number of piperazine rings is 1. The van der Waals surface area contributed by atoms with Gasteiger partial charge in [0.25, 0.3) is 5.91 Å². The van der Waals surface area contributed by atoms with E-state index in [2.05, 4.69) is 17.4 Å². The first-order chi connectivity index (χ1) is 16.5. The summed E-state index contributed by atoms with van der Waals surface area (Å²) in [7, 11) is 3.76. The molecule has 4 rings (SSSR count). The average Bonchev–Trinajstić information content (AvgIpc) is 3.30. The number of hydrogen-bond acceptors (Lipinski definition) is 7. The van der Waals surface area contributed by atoms with Crippen molar-refractivity contribution >= 4 is 35.8 Å². The fourth-order valence-corrected chi connectivity index (χ4v) is 5.30.